The zero-order valence-corrected chi connectivity index (χ0v) is 10.6. The first kappa shape index (κ1) is 15.4. The van der Waals surface area contributed by atoms with Crippen LogP contribution in [0.3, 0.4) is 0 Å². The summed E-state index contributed by atoms with van der Waals surface area (Å²) in [6.07, 6.45) is 0. The fourth-order valence-electron chi connectivity index (χ4n) is 1.24. The Morgan fingerprint density at radius 2 is 1.94 bits per heavy atom. The number of carbonyl (C=O) groups excluding carboxylic acids is 2. The summed E-state index contributed by atoms with van der Waals surface area (Å²) < 4.78 is 0. The average Bonchev–Trinajstić information content (AvgIpc) is 2.22. The van der Waals surface area contributed by atoms with Gasteiger partial charge in [0.2, 0.25) is 11.8 Å². The summed E-state index contributed by atoms with van der Waals surface area (Å²) >= 11 is 0. The van der Waals surface area contributed by atoms with Gasteiger partial charge in [-0.2, -0.15) is 0 Å². The fraction of sp³-hybridized carbons (Fsp3) is 0.273. The maximum Gasteiger partial charge on any atom is 0.238 e. The third kappa shape index (κ3) is 4.84. The van der Waals surface area contributed by atoms with Gasteiger partial charge in [-0.15, -0.1) is 12.4 Å². The third-order valence-corrected chi connectivity index (χ3v) is 2.02. The van der Waals surface area contributed by atoms with Gasteiger partial charge in [0.25, 0.3) is 0 Å². The van der Waals surface area contributed by atoms with Gasteiger partial charge in [-0.25, -0.2) is 0 Å². The molecular formula is C11H16ClN3O2. The molecule has 2 amide bonds. The molecule has 0 atom stereocenters. The van der Waals surface area contributed by atoms with Crippen LogP contribution in [-0.2, 0) is 9.59 Å². The summed E-state index contributed by atoms with van der Waals surface area (Å²) in [4.78, 5) is 22.0. The molecule has 0 aliphatic carbocycles. The minimum Gasteiger partial charge on any atom is -0.326 e. The van der Waals surface area contributed by atoms with E-state index in [1.54, 1.807) is 12.1 Å². The van der Waals surface area contributed by atoms with Crippen molar-refractivity contribution in [3.63, 3.8) is 0 Å². The minimum atomic E-state index is -0.266. The van der Waals surface area contributed by atoms with Crippen LogP contribution < -0.4 is 16.4 Å². The number of carbonyl (C=O) groups is 2. The van der Waals surface area contributed by atoms with Crippen LogP contribution in [0.5, 0.6) is 0 Å². The lowest BCUT2D eigenvalue weighted by molar-refractivity contribution is -0.115. The Bertz CT molecular complexity index is 421. The normalized spacial score (nSPS) is 9.12. The van der Waals surface area contributed by atoms with Gasteiger partial charge in [-0.1, -0.05) is 6.07 Å². The van der Waals surface area contributed by atoms with E-state index >= 15 is 0 Å². The van der Waals surface area contributed by atoms with E-state index in [0.717, 1.165) is 5.56 Å². The smallest absolute Gasteiger partial charge is 0.238 e. The number of rotatable bonds is 3. The molecule has 1 aromatic carbocycles. The second kappa shape index (κ2) is 6.88. The van der Waals surface area contributed by atoms with E-state index in [1.165, 1.54) is 6.92 Å². The minimum absolute atomic E-state index is 0. The molecule has 0 radical (unpaired) electrons. The summed E-state index contributed by atoms with van der Waals surface area (Å²) in [5, 5.41) is 5.30. The third-order valence-electron chi connectivity index (χ3n) is 2.02. The number of nitrogens with two attached hydrogens (primary N) is 1. The van der Waals surface area contributed by atoms with Crippen molar-refractivity contribution >= 4 is 35.6 Å². The topological polar surface area (TPSA) is 84.2 Å². The van der Waals surface area contributed by atoms with Crippen molar-refractivity contribution in [2.45, 2.75) is 13.8 Å². The molecule has 0 aromatic heterocycles. The van der Waals surface area contributed by atoms with Crippen LogP contribution in [-0.4, -0.2) is 18.4 Å². The highest BCUT2D eigenvalue weighted by atomic mass is 35.5. The van der Waals surface area contributed by atoms with Gasteiger partial charge in [0.1, 0.15) is 0 Å². The molecule has 0 unspecified atom stereocenters. The monoisotopic (exact) mass is 257 g/mol. The number of hydrogen-bond donors (Lipinski definition) is 3. The SMILES string of the molecule is CC(=O)Nc1cc(NC(=O)CN)ccc1C.Cl. The molecule has 4 N–H and O–H groups in total. The molecule has 0 spiro atoms. The predicted molar refractivity (Wildman–Crippen MR) is 70.4 cm³/mol. The largest absolute Gasteiger partial charge is 0.326 e. The van der Waals surface area contributed by atoms with E-state index < -0.39 is 0 Å². The van der Waals surface area contributed by atoms with E-state index in [9.17, 15) is 9.59 Å². The van der Waals surface area contributed by atoms with Gasteiger partial charge in [-0.3, -0.25) is 9.59 Å². The number of hydrogen-bond acceptors (Lipinski definition) is 3. The Morgan fingerprint density at radius 3 is 2.47 bits per heavy atom. The molecule has 0 fully saturated rings. The van der Waals surface area contributed by atoms with Crippen molar-refractivity contribution in [2.24, 2.45) is 5.73 Å². The van der Waals surface area contributed by atoms with Crippen molar-refractivity contribution < 1.29 is 9.59 Å². The number of amides is 2. The Kier molecular flexibility index (Phi) is 6.23. The molecule has 6 heteroatoms. The van der Waals surface area contributed by atoms with Crippen LogP contribution in [0.1, 0.15) is 12.5 Å². The fourth-order valence-corrected chi connectivity index (χ4v) is 1.24. The Morgan fingerprint density at radius 1 is 1.29 bits per heavy atom. The lowest BCUT2D eigenvalue weighted by atomic mass is 10.1. The molecule has 0 bridgehead atoms. The quantitative estimate of drug-likeness (QED) is 0.762. The lowest BCUT2D eigenvalue weighted by Gasteiger charge is -2.09. The van der Waals surface area contributed by atoms with Crippen LogP contribution >= 0.6 is 12.4 Å². The summed E-state index contributed by atoms with van der Waals surface area (Å²) in [6, 6.07) is 5.27. The molecule has 0 saturated heterocycles. The molecule has 0 saturated carbocycles. The van der Waals surface area contributed by atoms with Crippen LogP contribution in [0.2, 0.25) is 0 Å². The van der Waals surface area contributed by atoms with Crippen molar-refractivity contribution in [3.8, 4) is 0 Å². The summed E-state index contributed by atoms with van der Waals surface area (Å²) in [7, 11) is 0. The first-order valence-electron chi connectivity index (χ1n) is 4.91. The van der Waals surface area contributed by atoms with E-state index in [2.05, 4.69) is 10.6 Å². The van der Waals surface area contributed by atoms with Gasteiger partial charge >= 0.3 is 0 Å². The number of aryl methyl sites for hydroxylation is 1. The Hall–Kier alpha value is -1.59. The summed E-state index contributed by atoms with van der Waals surface area (Å²) in [6.45, 7) is 3.24. The van der Waals surface area contributed by atoms with Gasteiger partial charge < -0.3 is 16.4 Å². The van der Waals surface area contributed by atoms with Crippen molar-refractivity contribution in [1.82, 2.24) is 0 Å². The molecule has 5 nitrogen and oxygen atoms in total. The molecule has 0 aliphatic heterocycles. The number of halogens is 1. The first-order valence-corrected chi connectivity index (χ1v) is 4.91. The van der Waals surface area contributed by atoms with E-state index in [1.807, 2.05) is 13.0 Å². The highest BCUT2D eigenvalue weighted by molar-refractivity contribution is 5.94. The summed E-state index contributed by atoms with van der Waals surface area (Å²) in [5.74, 6) is -0.414. The Balaban J connectivity index is 0.00000256. The molecule has 1 rings (SSSR count). The maximum absolute atomic E-state index is 11.1. The van der Waals surface area contributed by atoms with Gasteiger partial charge in [0.05, 0.1) is 6.54 Å². The van der Waals surface area contributed by atoms with Crippen molar-refractivity contribution in [3.05, 3.63) is 23.8 Å². The maximum atomic E-state index is 11.1. The molecular weight excluding hydrogens is 242 g/mol. The standard InChI is InChI=1S/C11H15N3O2.ClH/c1-7-3-4-9(14-11(16)6-12)5-10(7)13-8(2)15;/h3-5H,6,12H2,1-2H3,(H,13,15)(H,14,16);1H. The average molecular weight is 258 g/mol. The second-order valence-corrected chi connectivity index (χ2v) is 3.46. The van der Waals surface area contributed by atoms with Crippen LogP contribution in [0, 0.1) is 6.92 Å². The first-order chi connectivity index (χ1) is 7.52. The molecule has 94 valence electrons. The van der Waals surface area contributed by atoms with E-state index in [-0.39, 0.29) is 30.8 Å². The molecule has 1 aromatic rings. The highest BCUT2D eigenvalue weighted by Gasteiger charge is 2.04. The lowest BCUT2D eigenvalue weighted by Crippen LogP contribution is -2.22. The Labute approximate surface area is 106 Å². The zero-order chi connectivity index (χ0) is 12.1. The van der Waals surface area contributed by atoms with Crippen LogP contribution in [0.15, 0.2) is 18.2 Å². The van der Waals surface area contributed by atoms with Crippen LogP contribution in [0.4, 0.5) is 11.4 Å². The van der Waals surface area contributed by atoms with Gasteiger partial charge in [-0.05, 0) is 24.6 Å². The van der Waals surface area contributed by atoms with Crippen LogP contribution in [0.25, 0.3) is 0 Å². The van der Waals surface area contributed by atoms with E-state index in [0.29, 0.717) is 11.4 Å². The molecule has 0 aliphatic rings. The molecule has 17 heavy (non-hydrogen) atoms. The zero-order valence-electron chi connectivity index (χ0n) is 9.74. The van der Waals surface area contributed by atoms with Crippen molar-refractivity contribution in [2.75, 3.05) is 17.2 Å². The second-order valence-electron chi connectivity index (χ2n) is 3.46. The van der Waals surface area contributed by atoms with E-state index in [4.69, 9.17) is 5.73 Å². The summed E-state index contributed by atoms with van der Waals surface area (Å²) in [5.41, 5.74) is 7.42. The van der Waals surface area contributed by atoms with Crippen molar-refractivity contribution in [1.29, 1.82) is 0 Å². The highest BCUT2D eigenvalue weighted by Crippen LogP contribution is 2.20. The molecule has 0 heterocycles. The predicted octanol–water partition coefficient (Wildman–Crippen LogP) is 1.27. The van der Waals surface area contributed by atoms with Gasteiger partial charge in [0, 0.05) is 18.3 Å². The van der Waals surface area contributed by atoms with Gasteiger partial charge in [0.15, 0.2) is 0 Å². The number of benzene rings is 1. The number of nitrogens with one attached hydrogen (secondary N) is 2. The number of anilines is 2.